The highest BCUT2D eigenvalue weighted by atomic mass is 32.2. The fourth-order valence-electron chi connectivity index (χ4n) is 4.26. The van der Waals surface area contributed by atoms with Gasteiger partial charge >= 0.3 is 0 Å². The van der Waals surface area contributed by atoms with E-state index in [9.17, 15) is 13.2 Å². The molecule has 1 aliphatic rings. The van der Waals surface area contributed by atoms with Crippen LogP contribution < -0.4 is 0 Å². The number of carbonyl (C=O) groups excluding carboxylic acids is 1. The van der Waals surface area contributed by atoms with Crippen LogP contribution in [0.5, 0.6) is 0 Å². The number of carbonyl (C=O) groups is 1. The van der Waals surface area contributed by atoms with Gasteiger partial charge in [-0.05, 0) is 52.3 Å². The number of benzene rings is 1. The van der Waals surface area contributed by atoms with E-state index in [0.717, 1.165) is 22.5 Å². The molecule has 0 aliphatic carbocycles. The Kier molecular flexibility index (Phi) is 6.31. The smallest absolute Gasteiger partial charge is 0.243 e. The lowest BCUT2D eigenvalue weighted by molar-refractivity contribution is 0.0901. The van der Waals surface area contributed by atoms with Gasteiger partial charge in [0.05, 0.1) is 11.4 Å². The van der Waals surface area contributed by atoms with Gasteiger partial charge in [-0.3, -0.25) is 9.69 Å². The highest BCUT2D eigenvalue weighted by Gasteiger charge is 2.30. The van der Waals surface area contributed by atoms with Crippen LogP contribution in [0.4, 0.5) is 0 Å². The van der Waals surface area contributed by atoms with Crippen LogP contribution >= 0.6 is 0 Å². The molecule has 0 amide bonds. The zero-order valence-electron chi connectivity index (χ0n) is 18.0. The quantitative estimate of drug-likeness (QED) is 0.677. The van der Waals surface area contributed by atoms with E-state index in [0.29, 0.717) is 43.7 Å². The van der Waals surface area contributed by atoms with Crippen LogP contribution in [-0.4, -0.2) is 60.7 Å². The molecule has 0 saturated carbocycles. The van der Waals surface area contributed by atoms with Crippen molar-refractivity contribution in [3.8, 4) is 0 Å². The zero-order valence-corrected chi connectivity index (χ0v) is 18.8. The number of Topliss-reactive ketones (excluding diaryl/α,β-unsaturated/α-hetero) is 1. The van der Waals surface area contributed by atoms with Gasteiger partial charge in [-0.25, -0.2) is 8.42 Å². The summed E-state index contributed by atoms with van der Waals surface area (Å²) in [5.41, 5.74) is 3.62. The normalized spacial score (nSPS) is 16.5. The molecule has 1 aromatic carbocycles. The molecule has 2 heterocycles. The zero-order chi connectivity index (χ0) is 21.3. The van der Waals surface area contributed by atoms with Crippen molar-refractivity contribution in [2.24, 2.45) is 0 Å². The Morgan fingerprint density at radius 3 is 2.21 bits per heavy atom. The van der Waals surface area contributed by atoms with E-state index in [2.05, 4.69) is 18.4 Å². The summed E-state index contributed by atoms with van der Waals surface area (Å²) in [5.74, 6) is 0.0974. The van der Waals surface area contributed by atoms with Gasteiger partial charge in [-0.15, -0.1) is 0 Å². The third kappa shape index (κ3) is 4.32. The number of hydrogen-bond acceptors (Lipinski definition) is 4. The molecule has 0 spiro atoms. The van der Waals surface area contributed by atoms with Crippen LogP contribution in [0, 0.1) is 20.8 Å². The maximum absolute atomic E-state index is 12.9. The lowest BCUT2D eigenvalue weighted by atomic mass is 10.1. The second-order valence-electron chi connectivity index (χ2n) is 8.12. The Bertz CT molecular complexity index is 1000. The third-order valence-corrected chi connectivity index (χ3v) is 7.77. The van der Waals surface area contributed by atoms with Crippen LogP contribution in [0.25, 0.3) is 0 Å². The molecule has 6 nitrogen and oxygen atoms in total. The van der Waals surface area contributed by atoms with Gasteiger partial charge in [0.25, 0.3) is 0 Å². The molecule has 0 N–H and O–H groups in total. The van der Waals surface area contributed by atoms with Gasteiger partial charge < -0.3 is 4.57 Å². The number of aromatic nitrogens is 1. The first-order chi connectivity index (χ1) is 13.6. The molecule has 1 fully saturated rings. The third-order valence-electron chi connectivity index (χ3n) is 5.71. The molecule has 1 aliphatic heterocycles. The summed E-state index contributed by atoms with van der Waals surface area (Å²) in [6.07, 6.45) is 0. The number of piperazine rings is 1. The summed E-state index contributed by atoms with van der Waals surface area (Å²) < 4.78 is 29.6. The fourth-order valence-corrected chi connectivity index (χ4v) is 5.90. The van der Waals surface area contributed by atoms with Gasteiger partial charge in [0.2, 0.25) is 10.0 Å². The Morgan fingerprint density at radius 1 is 1.03 bits per heavy atom. The molecule has 0 bridgehead atoms. The van der Waals surface area contributed by atoms with Crippen molar-refractivity contribution in [2.75, 3.05) is 32.7 Å². The molecule has 29 heavy (non-hydrogen) atoms. The van der Waals surface area contributed by atoms with Crippen molar-refractivity contribution in [3.05, 3.63) is 52.8 Å². The number of rotatable bonds is 6. The summed E-state index contributed by atoms with van der Waals surface area (Å²) in [5, 5.41) is 0. The minimum absolute atomic E-state index is 0.0974. The molecule has 1 aromatic heterocycles. The minimum Gasteiger partial charge on any atom is -0.346 e. The predicted molar refractivity (Wildman–Crippen MR) is 115 cm³/mol. The Hall–Kier alpha value is -1.96. The highest BCUT2D eigenvalue weighted by Crippen LogP contribution is 2.23. The lowest BCUT2D eigenvalue weighted by Crippen LogP contribution is -2.49. The van der Waals surface area contributed by atoms with E-state index < -0.39 is 10.0 Å². The van der Waals surface area contributed by atoms with E-state index in [-0.39, 0.29) is 5.78 Å². The second kappa shape index (κ2) is 8.42. The number of ketones is 1. The van der Waals surface area contributed by atoms with E-state index in [1.165, 1.54) is 4.31 Å². The van der Waals surface area contributed by atoms with Crippen molar-refractivity contribution in [3.63, 3.8) is 0 Å². The molecule has 1 saturated heterocycles. The summed E-state index contributed by atoms with van der Waals surface area (Å²) in [6.45, 7) is 12.3. The molecule has 158 valence electrons. The molecule has 0 radical (unpaired) electrons. The average molecular weight is 418 g/mol. The largest absolute Gasteiger partial charge is 0.346 e. The Morgan fingerprint density at radius 2 is 1.66 bits per heavy atom. The highest BCUT2D eigenvalue weighted by molar-refractivity contribution is 7.89. The molecule has 0 unspecified atom stereocenters. The molecule has 3 rings (SSSR count). The van der Waals surface area contributed by atoms with Gasteiger partial charge in [0.15, 0.2) is 5.78 Å². The number of aryl methyl sites for hydroxylation is 2. The molecule has 2 aromatic rings. The van der Waals surface area contributed by atoms with Crippen LogP contribution in [-0.2, 0) is 10.0 Å². The Balaban J connectivity index is 1.65. The maximum atomic E-state index is 12.9. The summed E-state index contributed by atoms with van der Waals surface area (Å²) in [4.78, 5) is 15.3. The molecular weight excluding hydrogens is 386 g/mol. The summed E-state index contributed by atoms with van der Waals surface area (Å²) >= 11 is 0. The number of hydrogen-bond donors (Lipinski definition) is 0. The van der Waals surface area contributed by atoms with Gasteiger partial charge in [-0.2, -0.15) is 4.31 Å². The topological polar surface area (TPSA) is 62.6 Å². The monoisotopic (exact) mass is 417 g/mol. The van der Waals surface area contributed by atoms with E-state index >= 15 is 0 Å². The predicted octanol–water partition coefficient (Wildman–Crippen LogP) is 3.18. The van der Waals surface area contributed by atoms with Crippen molar-refractivity contribution < 1.29 is 13.2 Å². The van der Waals surface area contributed by atoms with E-state index in [1.54, 1.807) is 12.1 Å². The first-order valence-electron chi connectivity index (χ1n) is 10.1. The van der Waals surface area contributed by atoms with Crippen molar-refractivity contribution >= 4 is 15.8 Å². The first kappa shape index (κ1) is 21.7. The molecular formula is C22H31N3O3S. The van der Waals surface area contributed by atoms with Gasteiger partial charge in [0, 0.05) is 49.2 Å². The number of nitrogens with zero attached hydrogens (tertiary/aromatic N) is 3. The van der Waals surface area contributed by atoms with Crippen LogP contribution in [0.15, 0.2) is 35.2 Å². The SMILES string of the molecule is Cc1ccccc1S(=O)(=O)N1CCN(CC(=O)c2cc(C)n(C(C)C)c2C)CC1. The minimum atomic E-state index is -3.50. The lowest BCUT2D eigenvalue weighted by Gasteiger charge is -2.33. The number of sulfonamides is 1. The summed E-state index contributed by atoms with van der Waals surface area (Å²) in [6, 6.07) is 9.35. The molecule has 0 atom stereocenters. The van der Waals surface area contributed by atoms with Gasteiger partial charge in [-0.1, -0.05) is 18.2 Å². The average Bonchev–Trinajstić information content (AvgIpc) is 2.97. The van der Waals surface area contributed by atoms with E-state index in [1.807, 2.05) is 43.9 Å². The standard InChI is InChI=1S/C22H31N3O3S/c1-16(2)25-18(4)14-20(19(25)5)21(26)15-23-10-12-24(13-11-23)29(27,28)22-9-7-6-8-17(22)3/h6-9,14,16H,10-13,15H2,1-5H3. The van der Waals surface area contributed by atoms with Crippen LogP contribution in [0.3, 0.4) is 0 Å². The second-order valence-corrected chi connectivity index (χ2v) is 10.0. The summed E-state index contributed by atoms with van der Waals surface area (Å²) in [7, 11) is -3.50. The van der Waals surface area contributed by atoms with E-state index in [4.69, 9.17) is 0 Å². The van der Waals surface area contributed by atoms with Crippen molar-refractivity contribution in [2.45, 2.75) is 45.6 Å². The van der Waals surface area contributed by atoms with Crippen molar-refractivity contribution in [1.29, 1.82) is 0 Å². The van der Waals surface area contributed by atoms with Crippen LogP contribution in [0.2, 0.25) is 0 Å². The Labute approximate surface area is 174 Å². The van der Waals surface area contributed by atoms with Crippen molar-refractivity contribution in [1.82, 2.24) is 13.8 Å². The first-order valence-corrected chi connectivity index (χ1v) is 11.6. The molecule has 7 heteroatoms. The fraction of sp³-hybridized carbons (Fsp3) is 0.500. The van der Waals surface area contributed by atoms with Crippen LogP contribution in [0.1, 0.15) is 47.2 Å². The maximum Gasteiger partial charge on any atom is 0.243 e. The van der Waals surface area contributed by atoms with Gasteiger partial charge in [0.1, 0.15) is 0 Å².